The Labute approximate surface area is 253 Å². The fourth-order valence-electron chi connectivity index (χ4n) is 5.73. The number of imidazole rings is 1. The van der Waals surface area contributed by atoms with Crippen LogP contribution in [0.15, 0.2) is 30.7 Å². The van der Waals surface area contributed by atoms with Gasteiger partial charge in [0.2, 0.25) is 17.6 Å². The van der Waals surface area contributed by atoms with E-state index in [1.165, 1.54) is 0 Å². The van der Waals surface area contributed by atoms with E-state index >= 15 is 0 Å². The number of amides is 1. The number of hydrogen-bond donors (Lipinski definition) is 3. The number of aliphatic hydroxyl groups excluding tert-OH is 1. The summed E-state index contributed by atoms with van der Waals surface area (Å²) in [7, 11) is 4.72. The van der Waals surface area contributed by atoms with Gasteiger partial charge < -0.3 is 39.8 Å². The van der Waals surface area contributed by atoms with Gasteiger partial charge in [-0.3, -0.25) is 9.69 Å². The van der Waals surface area contributed by atoms with Gasteiger partial charge >= 0.3 is 0 Å². The normalized spacial score (nSPS) is 17.9. The van der Waals surface area contributed by atoms with Gasteiger partial charge in [-0.25, -0.2) is 9.97 Å². The van der Waals surface area contributed by atoms with E-state index in [-0.39, 0.29) is 12.0 Å². The van der Waals surface area contributed by atoms with Gasteiger partial charge in [-0.15, -0.1) is 11.3 Å². The molecule has 3 aromatic heterocycles. The molecule has 228 valence electrons. The van der Waals surface area contributed by atoms with E-state index in [2.05, 4.69) is 21.3 Å². The molecule has 6 rings (SSSR count). The van der Waals surface area contributed by atoms with Crippen LogP contribution in [0.2, 0.25) is 0 Å². The number of aromatic nitrogens is 4. The lowest BCUT2D eigenvalue weighted by Gasteiger charge is -2.28. The minimum Gasteiger partial charge on any atom is -0.493 e. The van der Waals surface area contributed by atoms with Crippen molar-refractivity contribution in [1.82, 2.24) is 24.4 Å². The third kappa shape index (κ3) is 5.90. The Morgan fingerprint density at radius 2 is 1.81 bits per heavy atom. The van der Waals surface area contributed by atoms with E-state index in [4.69, 9.17) is 29.9 Å². The second-order valence-electron chi connectivity index (χ2n) is 10.7. The number of nitrogens with one attached hydrogen (secondary N) is 1. The lowest BCUT2D eigenvalue weighted by molar-refractivity contribution is -0.119. The zero-order chi connectivity index (χ0) is 30.1. The van der Waals surface area contributed by atoms with Gasteiger partial charge in [-0.2, -0.15) is 4.98 Å². The number of hydrogen-bond acceptors (Lipinski definition) is 12. The van der Waals surface area contributed by atoms with Gasteiger partial charge in [-0.05, 0) is 31.7 Å². The molecule has 43 heavy (non-hydrogen) atoms. The maximum Gasteiger partial charge on any atom is 0.240 e. The van der Waals surface area contributed by atoms with Gasteiger partial charge in [0.25, 0.3) is 0 Å². The van der Waals surface area contributed by atoms with Crippen LogP contribution in [0.4, 0.5) is 17.6 Å². The molecule has 13 nitrogen and oxygen atoms in total. The SMILES string of the molecule is COc1cc(-n2cnc(Nc3nc(N4CCC[C@H]4C(N)=O)nc4sc(CN5CCC(O)CC5)cc34)c2)cc(OC)c1OC. The highest BCUT2D eigenvalue weighted by Crippen LogP contribution is 2.40. The minimum atomic E-state index is -0.441. The van der Waals surface area contributed by atoms with Crippen molar-refractivity contribution in [3.63, 3.8) is 0 Å². The molecule has 4 aromatic rings. The number of carbonyl (C=O) groups excluding carboxylic acids is 1. The average molecular weight is 609 g/mol. The molecule has 0 spiro atoms. The quantitative estimate of drug-likeness (QED) is 0.243. The Hall–Kier alpha value is -4.14. The third-order valence-corrected chi connectivity index (χ3v) is 9.00. The van der Waals surface area contributed by atoms with Crippen LogP contribution in [-0.2, 0) is 11.3 Å². The van der Waals surface area contributed by atoms with Gasteiger partial charge in [-0.1, -0.05) is 0 Å². The molecule has 1 atom stereocenters. The van der Waals surface area contributed by atoms with Crippen molar-refractivity contribution in [2.45, 2.75) is 44.4 Å². The van der Waals surface area contributed by atoms with Crippen LogP contribution in [0.25, 0.3) is 15.9 Å². The molecule has 14 heteroatoms. The molecule has 0 aliphatic carbocycles. The van der Waals surface area contributed by atoms with Crippen molar-refractivity contribution >= 4 is 45.0 Å². The van der Waals surface area contributed by atoms with Gasteiger partial charge in [0.15, 0.2) is 11.5 Å². The number of likely N-dealkylation sites (tertiary alicyclic amines) is 1. The zero-order valence-corrected chi connectivity index (χ0v) is 25.3. The van der Waals surface area contributed by atoms with Crippen molar-refractivity contribution in [1.29, 1.82) is 0 Å². The number of benzene rings is 1. The first-order valence-electron chi connectivity index (χ1n) is 14.2. The van der Waals surface area contributed by atoms with E-state index in [0.29, 0.717) is 47.8 Å². The molecule has 5 heterocycles. The molecule has 0 saturated carbocycles. The number of nitrogens with zero attached hydrogens (tertiary/aromatic N) is 6. The fourth-order valence-corrected chi connectivity index (χ4v) is 6.79. The van der Waals surface area contributed by atoms with E-state index in [9.17, 15) is 9.90 Å². The molecule has 0 unspecified atom stereocenters. The maximum atomic E-state index is 12.2. The van der Waals surface area contributed by atoms with Crippen molar-refractivity contribution in [3.05, 3.63) is 35.6 Å². The molecular weight excluding hydrogens is 572 g/mol. The molecule has 0 bridgehead atoms. The third-order valence-electron chi connectivity index (χ3n) is 7.98. The van der Waals surface area contributed by atoms with E-state index in [0.717, 1.165) is 59.7 Å². The highest BCUT2D eigenvalue weighted by molar-refractivity contribution is 7.18. The smallest absolute Gasteiger partial charge is 0.240 e. The number of piperidine rings is 1. The maximum absolute atomic E-state index is 12.2. The molecule has 1 aromatic carbocycles. The molecule has 2 saturated heterocycles. The minimum absolute atomic E-state index is 0.221. The van der Waals surface area contributed by atoms with Crippen LogP contribution in [0.5, 0.6) is 17.2 Å². The lowest BCUT2D eigenvalue weighted by Crippen LogP contribution is -2.41. The van der Waals surface area contributed by atoms with Crippen LogP contribution in [0.1, 0.15) is 30.6 Å². The summed E-state index contributed by atoms with van der Waals surface area (Å²) >= 11 is 1.61. The Kier molecular flexibility index (Phi) is 8.23. The van der Waals surface area contributed by atoms with Crippen molar-refractivity contribution in [2.75, 3.05) is 51.2 Å². The fraction of sp³-hybridized carbons (Fsp3) is 0.448. The van der Waals surface area contributed by atoms with Gasteiger partial charge in [0.1, 0.15) is 28.8 Å². The van der Waals surface area contributed by atoms with Crippen LogP contribution >= 0.6 is 11.3 Å². The average Bonchev–Trinajstić information content (AvgIpc) is 3.77. The number of rotatable bonds is 10. The van der Waals surface area contributed by atoms with E-state index in [1.54, 1.807) is 39.0 Å². The standard InChI is InChI=1S/C29H36N8O5S/c1-40-22-11-17(12-23(41-2)25(22)42-3)36-15-24(31-16-36)32-27-20-13-19(14-35-9-6-18(38)7-10-35)43-28(20)34-29(33-27)37-8-4-5-21(37)26(30)39/h11-13,15-16,18,21,38H,4-10,14H2,1-3H3,(H2,30,39)(H,32,33,34)/t21-/m0/s1. The summed E-state index contributed by atoms with van der Waals surface area (Å²) in [6.07, 6.45) is 6.39. The highest BCUT2D eigenvalue weighted by Gasteiger charge is 2.32. The number of primary amides is 1. The first-order chi connectivity index (χ1) is 20.9. The molecule has 2 aliphatic rings. The number of ether oxygens (including phenoxy) is 3. The number of anilines is 3. The first kappa shape index (κ1) is 29.0. The predicted molar refractivity (Wildman–Crippen MR) is 164 cm³/mol. The largest absolute Gasteiger partial charge is 0.493 e. The molecule has 2 aliphatic heterocycles. The summed E-state index contributed by atoms with van der Waals surface area (Å²) in [6, 6.07) is 5.36. The monoisotopic (exact) mass is 608 g/mol. The number of carbonyl (C=O) groups is 1. The van der Waals surface area contributed by atoms with Crippen LogP contribution < -0.4 is 30.2 Å². The zero-order valence-electron chi connectivity index (χ0n) is 24.4. The summed E-state index contributed by atoms with van der Waals surface area (Å²) in [5, 5.41) is 14.2. The molecule has 4 N–H and O–H groups in total. The Balaban J connectivity index is 1.34. The summed E-state index contributed by atoms with van der Waals surface area (Å²) < 4.78 is 18.3. The van der Waals surface area contributed by atoms with Crippen LogP contribution in [-0.4, -0.2) is 88.5 Å². The topological polar surface area (TPSA) is 153 Å². The van der Waals surface area contributed by atoms with Gasteiger partial charge in [0.05, 0.1) is 44.7 Å². The number of thiophene rings is 1. The second-order valence-corrected chi connectivity index (χ2v) is 11.9. The molecular formula is C29H36N8O5S. The molecule has 0 radical (unpaired) electrons. The number of fused-ring (bicyclic) bond motifs is 1. The molecule has 1 amide bonds. The Morgan fingerprint density at radius 1 is 1.07 bits per heavy atom. The number of nitrogens with two attached hydrogens (primary N) is 1. The second kappa shape index (κ2) is 12.2. The Morgan fingerprint density at radius 3 is 2.49 bits per heavy atom. The van der Waals surface area contributed by atoms with Gasteiger partial charge in [0, 0.05) is 43.2 Å². The Bertz CT molecular complexity index is 1590. The lowest BCUT2D eigenvalue weighted by atomic mass is 10.1. The summed E-state index contributed by atoms with van der Waals surface area (Å²) in [5.74, 6) is 2.84. The summed E-state index contributed by atoms with van der Waals surface area (Å²) in [5.41, 5.74) is 6.50. The van der Waals surface area contributed by atoms with Crippen LogP contribution in [0, 0.1) is 0 Å². The highest BCUT2D eigenvalue weighted by atomic mass is 32.1. The number of methoxy groups -OCH3 is 3. The summed E-state index contributed by atoms with van der Waals surface area (Å²) in [6.45, 7) is 3.13. The van der Waals surface area contributed by atoms with E-state index < -0.39 is 6.04 Å². The van der Waals surface area contributed by atoms with Crippen molar-refractivity contribution in [2.24, 2.45) is 5.73 Å². The summed E-state index contributed by atoms with van der Waals surface area (Å²) in [4.78, 5) is 32.8. The molecule has 2 fully saturated rings. The predicted octanol–water partition coefficient (Wildman–Crippen LogP) is 3.06. The number of aliphatic hydroxyl groups is 1. The first-order valence-corrected chi connectivity index (χ1v) is 15.1. The van der Waals surface area contributed by atoms with Crippen molar-refractivity contribution in [3.8, 4) is 22.9 Å². The van der Waals surface area contributed by atoms with Crippen molar-refractivity contribution < 1.29 is 24.1 Å². The van der Waals surface area contributed by atoms with E-state index in [1.807, 2.05) is 27.8 Å². The van der Waals surface area contributed by atoms with Crippen LogP contribution in [0.3, 0.4) is 0 Å².